The Bertz CT molecular complexity index is 371. The summed E-state index contributed by atoms with van der Waals surface area (Å²) in [6.45, 7) is 8.25. The van der Waals surface area contributed by atoms with Gasteiger partial charge in [-0.2, -0.15) is 0 Å². The first kappa shape index (κ1) is 12.5. The first-order valence-electron chi connectivity index (χ1n) is 7.61. The molecule has 0 aromatic carbocycles. The van der Waals surface area contributed by atoms with Gasteiger partial charge in [0.05, 0.1) is 5.41 Å². The van der Waals surface area contributed by atoms with Crippen LogP contribution in [0.25, 0.3) is 0 Å². The Balaban J connectivity index is 1.72. The molecule has 4 unspecified atom stereocenters. The van der Waals surface area contributed by atoms with Crippen LogP contribution in [0.1, 0.15) is 59.8 Å². The quantitative estimate of drug-likeness (QED) is 0.712. The van der Waals surface area contributed by atoms with E-state index in [-0.39, 0.29) is 17.0 Å². The van der Waals surface area contributed by atoms with Gasteiger partial charge in [-0.05, 0) is 70.6 Å². The van der Waals surface area contributed by atoms with E-state index in [0.29, 0.717) is 5.92 Å². The van der Waals surface area contributed by atoms with Gasteiger partial charge < -0.3 is 4.74 Å². The SMILES string of the molecule is CCC(C)(C)C(=O)OC1(C)CC2CC1C1CC[C@H]21. The highest BCUT2D eigenvalue weighted by Gasteiger charge is 2.62. The second-order valence-electron chi connectivity index (χ2n) is 7.65. The second kappa shape index (κ2) is 3.74. The molecular weight excluding hydrogens is 224 g/mol. The molecule has 0 aliphatic heterocycles. The molecule has 3 fully saturated rings. The average molecular weight is 250 g/mol. The standard InChI is InChI=1S/C16H26O2/c1-5-15(2,3)14(17)18-16(4)9-10-8-13(16)12-7-6-11(10)12/h10-13H,5-9H2,1-4H3/t10?,11-,12?,13?,16?/m1/s1. The van der Waals surface area contributed by atoms with E-state index in [2.05, 4.69) is 13.8 Å². The minimum atomic E-state index is -0.330. The van der Waals surface area contributed by atoms with E-state index in [0.717, 1.165) is 30.6 Å². The summed E-state index contributed by atoms with van der Waals surface area (Å²) in [7, 11) is 0. The van der Waals surface area contributed by atoms with Crippen molar-refractivity contribution < 1.29 is 9.53 Å². The lowest BCUT2D eigenvalue weighted by atomic mass is 9.61. The van der Waals surface area contributed by atoms with Crippen LogP contribution in [0.5, 0.6) is 0 Å². The Morgan fingerprint density at radius 2 is 2.00 bits per heavy atom. The molecule has 0 aromatic rings. The first-order chi connectivity index (χ1) is 8.37. The Morgan fingerprint density at radius 3 is 2.50 bits per heavy atom. The lowest BCUT2D eigenvalue weighted by molar-refractivity contribution is -0.181. The van der Waals surface area contributed by atoms with Gasteiger partial charge >= 0.3 is 5.97 Å². The van der Waals surface area contributed by atoms with Crippen molar-refractivity contribution in [1.29, 1.82) is 0 Å². The average Bonchev–Trinajstić information content (AvgIpc) is 2.65. The fourth-order valence-electron chi connectivity index (χ4n) is 4.53. The molecule has 0 heterocycles. The molecule has 0 N–H and O–H groups in total. The first-order valence-corrected chi connectivity index (χ1v) is 7.61. The highest BCUT2D eigenvalue weighted by molar-refractivity contribution is 5.76. The van der Waals surface area contributed by atoms with E-state index in [9.17, 15) is 4.79 Å². The Morgan fingerprint density at radius 1 is 1.33 bits per heavy atom. The fourth-order valence-corrected chi connectivity index (χ4v) is 4.53. The van der Waals surface area contributed by atoms with Crippen molar-refractivity contribution in [3.8, 4) is 0 Å². The van der Waals surface area contributed by atoms with Crippen molar-refractivity contribution in [3.63, 3.8) is 0 Å². The van der Waals surface area contributed by atoms with E-state index >= 15 is 0 Å². The van der Waals surface area contributed by atoms with Crippen LogP contribution in [0.4, 0.5) is 0 Å². The number of hydrogen-bond donors (Lipinski definition) is 0. The third kappa shape index (κ3) is 1.57. The summed E-state index contributed by atoms with van der Waals surface area (Å²) < 4.78 is 6.00. The number of hydrogen-bond acceptors (Lipinski definition) is 2. The second-order valence-corrected chi connectivity index (χ2v) is 7.65. The van der Waals surface area contributed by atoms with E-state index in [4.69, 9.17) is 4.74 Å². The van der Waals surface area contributed by atoms with E-state index in [1.807, 2.05) is 13.8 Å². The predicted molar refractivity (Wildman–Crippen MR) is 71.0 cm³/mol. The van der Waals surface area contributed by atoms with Gasteiger partial charge in [0.15, 0.2) is 0 Å². The molecule has 102 valence electrons. The summed E-state index contributed by atoms with van der Waals surface area (Å²) in [5.41, 5.74) is -0.486. The summed E-state index contributed by atoms with van der Waals surface area (Å²) in [6.07, 6.45) is 6.07. The predicted octanol–water partition coefficient (Wildman–Crippen LogP) is 3.79. The van der Waals surface area contributed by atoms with Gasteiger partial charge in [-0.3, -0.25) is 4.79 Å². The Kier molecular flexibility index (Phi) is 2.60. The summed E-state index contributed by atoms with van der Waals surface area (Å²) in [5, 5.41) is 0. The Hall–Kier alpha value is -0.530. The third-order valence-corrected chi connectivity index (χ3v) is 6.28. The van der Waals surface area contributed by atoms with Crippen LogP contribution in [-0.2, 0) is 9.53 Å². The maximum atomic E-state index is 12.3. The highest BCUT2D eigenvalue weighted by atomic mass is 16.6. The molecule has 2 bridgehead atoms. The van der Waals surface area contributed by atoms with E-state index in [1.165, 1.54) is 19.3 Å². The van der Waals surface area contributed by atoms with Crippen molar-refractivity contribution in [2.45, 2.75) is 65.4 Å². The van der Waals surface area contributed by atoms with Crippen LogP contribution < -0.4 is 0 Å². The molecule has 3 aliphatic rings. The van der Waals surface area contributed by atoms with Crippen molar-refractivity contribution in [2.24, 2.45) is 29.1 Å². The summed E-state index contributed by atoms with van der Waals surface area (Å²) in [5.74, 6) is 3.34. The molecule has 5 atom stereocenters. The van der Waals surface area contributed by atoms with Crippen LogP contribution in [-0.4, -0.2) is 11.6 Å². The minimum Gasteiger partial charge on any atom is -0.459 e. The molecule has 2 nitrogen and oxygen atoms in total. The lowest BCUT2D eigenvalue weighted by Crippen LogP contribution is -2.48. The molecule has 0 radical (unpaired) electrons. The van der Waals surface area contributed by atoms with Crippen molar-refractivity contribution in [2.75, 3.05) is 0 Å². The van der Waals surface area contributed by atoms with Crippen LogP contribution in [0.15, 0.2) is 0 Å². The molecule has 18 heavy (non-hydrogen) atoms. The van der Waals surface area contributed by atoms with Crippen LogP contribution in [0.2, 0.25) is 0 Å². The van der Waals surface area contributed by atoms with Gasteiger partial charge in [-0.1, -0.05) is 6.92 Å². The zero-order valence-electron chi connectivity index (χ0n) is 12.2. The monoisotopic (exact) mass is 250 g/mol. The lowest BCUT2D eigenvalue weighted by Gasteiger charge is -2.48. The molecule has 0 saturated heterocycles. The van der Waals surface area contributed by atoms with E-state index < -0.39 is 0 Å². The van der Waals surface area contributed by atoms with Gasteiger partial charge in [0.1, 0.15) is 5.60 Å². The smallest absolute Gasteiger partial charge is 0.312 e. The molecule has 2 heteroatoms. The number of esters is 1. The van der Waals surface area contributed by atoms with Gasteiger partial charge in [-0.25, -0.2) is 0 Å². The molecule has 3 aliphatic carbocycles. The molecule has 3 rings (SSSR count). The maximum absolute atomic E-state index is 12.3. The molecule has 0 spiro atoms. The zero-order valence-corrected chi connectivity index (χ0v) is 12.2. The minimum absolute atomic E-state index is 0.0101. The van der Waals surface area contributed by atoms with Gasteiger partial charge in [0.25, 0.3) is 0 Å². The van der Waals surface area contributed by atoms with Crippen molar-refractivity contribution in [3.05, 3.63) is 0 Å². The molecule has 0 amide bonds. The normalized spacial score (nSPS) is 45.6. The summed E-state index contributed by atoms with van der Waals surface area (Å²) >= 11 is 0. The Labute approximate surface area is 110 Å². The fraction of sp³-hybridized carbons (Fsp3) is 0.938. The highest BCUT2D eigenvalue weighted by Crippen LogP contribution is 2.65. The third-order valence-electron chi connectivity index (χ3n) is 6.28. The molecule has 0 aromatic heterocycles. The molecular formula is C16H26O2. The number of ether oxygens (including phenoxy) is 1. The largest absolute Gasteiger partial charge is 0.459 e. The zero-order chi connectivity index (χ0) is 13.1. The summed E-state index contributed by atoms with van der Waals surface area (Å²) in [4.78, 5) is 12.3. The van der Waals surface area contributed by atoms with E-state index in [1.54, 1.807) is 0 Å². The van der Waals surface area contributed by atoms with Gasteiger partial charge in [-0.15, -0.1) is 0 Å². The van der Waals surface area contributed by atoms with Crippen molar-refractivity contribution in [1.82, 2.24) is 0 Å². The van der Waals surface area contributed by atoms with Crippen LogP contribution >= 0.6 is 0 Å². The topological polar surface area (TPSA) is 26.3 Å². The van der Waals surface area contributed by atoms with Gasteiger partial charge in [0, 0.05) is 5.92 Å². The number of carbonyl (C=O) groups excluding carboxylic acids is 1. The maximum Gasteiger partial charge on any atom is 0.312 e. The number of fused-ring (bicyclic) bond motifs is 5. The number of carbonyl (C=O) groups is 1. The van der Waals surface area contributed by atoms with Crippen LogP contribution in [0.3, 0.4) is 0 Å². The van der Waals surface area contributed by atoms with Crippen LogP contribution in [0, 0.1) is 29.1 Å². The van der Waals surface area contributed by atoms with Gasteiger partial charge in [0.2, 0.25) is 0 Å². The van der Waals surface area contributed by atoms with Crippen molar-refractivity contribution >= 4 is 5.97 Å². The number of rotatable bonds is 3. The summed E-state index contributed by atoms with van der Waals surface area (Å²) in [6, 6.07) is 0. The molecule has 3 saturated carbocycles.